The molecule has 0 aromatic heterocycles. The number of carbonyl (C=O) groups excluding carboxylic acids is 3. The fourth-order valence-electron chi connectivity index (χ4n) is 3.52. The van der Waals surface area contributed by atoms with E-state index in [-0.39, 0.29) is 41.4 Å². The molecule has 3 N–H and O–H groups in total. The molecule has 2 aromatic carbocycles. The maximum absolute atomic E-state index is 13.1. The number of halogens is 2. The lowest BCUT2D eigenvalue weighted by molar-refractivity contribution is -0.122. The summed E-state index contributed by atoms with van der Waals surface area (Å²) < 4.78 is 13.1. The predicted molar refractivity (Wildman–Crippen MR) is 121 cm³/mol. The smallest absolute Gasteiger partial charge is 0.252 e. The van der Waals surface area contributed by atoms with Gasteiger partial charge in [0.05, 0.1) is 17.1 Å². The molecule has 0 saturated carbocycles. The van der Waals surface area contributed by atoms with E-state index in [2.05, 4.69) is 20.9 Å². The average molecular weight is 461 g/mol. The maximum Gasteiger partial charge on any atom is 0.252 e. The maximum atomic E-state index is 13.1. The standard InChI is InChI=1S/C23H26ClFN4O3/c24-20-14-16(25)6-7-19(20)23(32)26-11-8-21(30)27-18-9-12-29(13-10-18)15-22(31)28-17-4-2-1-3-5-17/h1-7,14,18H,8-13,15H2,(H,26,32)(H,27,30)(H,28,31). The molecule has 1 fully saturated rings. The van der Waals surface area contributed by atoms with Crippen LogP contribution in [-0.2, 0) is 9.59 Å². The number of piperidine rings is 1. The van der Waals surface area contributed by atoms with Crippen LogP contribution in [0.4, 0.5) is 10.1 Å². The number of likely N-dealkylation sites (tertiary alicyclic amines) is 1. The number of benzene rings is 2. The van der Waals surface area contributed by atoms with E-state index in [1.807, 2.05) is 30.3 Å². The van der Waals surface area contributed by atoms with Crippen molar-refractivity contribution in [2.45, 2.75) is 25.3 Å². The first-order valence-electron chi connectivity index (χ1n) is 10.5. The van der Waals surface area contributed by atoms with E-state index in [0.29, 0.717) is 19.6 Å². The summed E-state index contributed by atoms with van der Waals surface area (Å²) in [5, 5.41) is 8.48. The quantitative estimate of drug-likeness (QED) is 0.565. The zero-order valence-electron chi connectivity index (χ0n) is 17.6. The molecule has 1 aliphatic rings. The lowest BCUT2D eigenvalue weighted by Gasteiger charge is -2.31. The molecule has 0 unspecified atom stereocenters. The monoisotopic (exact) mass is 460 g/mol. The van der Waals surface area contributed by atoms with E-state index in [4.69, 9.17) is 11.6 Å². The number of para-hydroxylation sites is 1. The summed E-state index contributed by atoms with van der Waals surface area (Å²) >= 11 is 5.87. The van der Waals surface area contributed by atoms with Crippen LogP contribution in [0.5, 0.6) is 0 Å². The minimum atomic E-state index is -0.520. The van der Waals surface area contributed by atoms with Crippen LogP contribution in [0.15, 0.2) is 48.5 Å². The van der Waals surface area contributed by atoms with Crippen LogP contribution in [0, 0.1) is 5.82 Å². The number of hydrogen-bond donors (Lipinski definition) is 3. The summed E-state index contributed by atoms with van der Waals surface area (Å²) in [4.78, 5) is 38.5. The van der Waals surface area contributed by atoms with Crippen LogP contribution in [0.2, 0.25) is 5.02 Å². The molecule has 3 amide bonds. The van der Waals surface area contributed by atoms with Crippen LogP contribution >= 0.6 is 11.6 Å². The van der Waals surface area contributed by atoms with Crippen molar-refractivity contribution in [3.05, 3.63) is 64.9 Å². The first kappa shape index (κ1) is 23.7. The zero-order valence-corrected chi connectivity index (χ0v) is 18.3. The molecule has 7 nitrogen and oxygen atoms in total. The van der Waals surface area contributed by atoms with Gasteiger partial charge in [0.2, 0.25) is 11.8 Å². The third-order valence-electron chi connectivity index (χ3n) is 5.19. The Hall–Kier alpha value is -2.97. The average Bonchev–Trinajstić information content (AvgIpc) is 2.75. The van der Waals surface area contributed by atoms with Crippen molar-refractivity contribution in [1.82, 2.24) is 15.5 Å². The van der Waals surface area contributed by atoms with Crippen molar-refractivity contribution >= 4 is 35.0 Å². The summed E-state index contributed by atoms with van der Waals surface area (Å²) in [7, 11) is 0. The van der Waals surface area contributed by atoms with Gasteiger partial charge in [-0.1, -0.05) is 29.8 Å². The second kappa shape index (κ2) is 11.6. The van der Waals surface area contributed by atoms with Gasteiger partial charge in [-0.05, 0) is 43.2 Å². The van der Waals surface area contributed by atoms with Gasteiger partial charge in [-0.15, -0.1) is 0 Å². The second-order valence-corrected chi connectivity index (χ2v) is 8.07. The highest BCUT2D eigenvalue weighted by molar-refractivity contribution is 6.33. The third-order valence-corrected chi connectivity index (χ3v) is 5.50. The second-order valence-electron chi connectivity index (χ2n) is 7.66. The molecule has 9 heteroatoms. The van der Waals surface area contributed by atoms with Gasteiger partial charge in [-0.3, -0.25) is 19.3 Å². The van der Waals surface area contributed by atoms with E-state index in [0.717, 1.165) is 30.7 Å². The lowest BCUT2D eigenvalue weighted by Crippen LogP contribution is -2.47. The fraction of sp³-hybridized carbons (Fsp3) is 0.348. The summed E-state index contributed by atoms with van der Waals surface area (Å²) in [6.07, 6.45) is 1.63. The van der Waals surface area contributed by atoms with Gasteiger partial charge in [0.25, 0.3) is 5.91 Å². The Morgan fingerprint density at radius 3 is 2.44 bits per heavy atom. The number of nitrogens with one attached hydrogen (secondary N) is 3. The molecule has 2 aromatic rings. The highest BCUT2D eigenvalue weighted by Gasteiger charge is 2.22. The van der Waals surface area contributed by atoms with E-state index in [1.54, 1.807) is 0 Å². The Balaban J connectivity index is 1.32. The molecule has 0 radical (unpaired) electrons. The highest BCUT2D eigenvalue weighted by atomic mass is 35.5. The van der Waals surface area contributed by atoms with Crippen molar-refractivity contribution < 1.29 is 18.8 Å². The summed E-state index contributed by atoms with van der Waals surface area (Å²) in [6, 6.07) is 12.9. The zero-order chi connectivity index (χ0) is 22.9. The molecule has 0 aliphatic carbocycles. The first-order valence-corrected chi connectivity index (χ1v) is 10.9. The number of hydrogen-bond acceptors (Lipinski definition) is 4. The highest BCUT2D eigenvalue weighted by Crippen LogP contribution is 2.17. The van der Waals surface area contributed by atoms with Gasteiger partial charge in [0.15, 0.2) is 0 Å². The Morgan fingerprint density at radius 2 is 1.75 bits per heavy atom. The third kappa shape index (κ3) is 7.32. The van der Waals surface area contributed by atoms with Crippen LogP contribution in [0.1, 0.15) is 29.6 Å². The molecule has 0 bridgehead atoms. The van der Waals surface area contributed by atoms with Crippen LogP contribution in [-0.4, -0.2) is 54.8 Å². The number of anilines is 1. The summed E-state index contributed by atoms with van der Waals surface area (Å²) in [6.45, 7) is 1.89. The van der Waals surface area contributed by atoms with Crippen LogP contribution in [0.25, 0.3) is 0 Å². The molecule has 1 saturated heterocycles. The molecule has 1 aliphatic heterocycles. The number of rotatable bonds is 8. The van der Waals surface area contributed by atoms with Crippen molar-refractivity contribution in [2.24, 2.45) is 0 Å². The normalized spacial score (nSPS) is 14.6. The molecule has 170 valence electrons. The molecular formula is C23H26ClFN4O3. The Morgan fingerprint density at radius 1 is 1.03 bits per heavy atom. The van der Waals surface area contributed by atoms with Gasteiger partial charge in [-0.2, -0.15) is 0 Å². The molecule has 32 heavy (non-hydrogen) atoms. The summed E-state index contributed by atoms with van der Waals surface area (Å²) in [5.41, 5.74) is 0.936. The lowest BCUT2D eigenvalue weighted by atomic mass is 10.0. The van der Waals surface area contributed by atoms with E-state index in [1.165, 1.54) is 6.07 Å². The van der Waals surface area contributed by atoms with Crippen LogP contribution in [0.3, 0.4) is 0 Å². The van der Waals surface area contributed by atoms with Gasteiger partial charge in [0.1, 0.15) is 5.82 Å². The van der Waals surface area contributed by atoms with Gasteiger partial charge in [-0.25, -0.2) is 4.39 Å². The topological polar surface area (TPSA) is 90.5 Å². The minimum absolute atomic E-state index is 0.0242. The van der Waals surface area contributed by atoms with E-state index >= 15 is 0 Å². The number of carbonyl (C=O) groups is 3. The molecule has 3 rings (SSSR count). The predicted octanol–water partition coefficient (Wildman–Crippen LogP) is 2.82. The number of amides is 3. The first-order chi connectivity index (χ1) is 15.4. The molecule has 0 atom stereocenters. The van der Waals surface area contributed by atoms with Gasteiger partial charge in [0, 0.05) is 37.8 Å². The Bertz CT molecular complexity index is 950. The van der Waals surface area contributed by atoms with Crippen molar-refractivity contribution in [2.75, 3.05) is 31.5 Å². The van der Waals surface area contributed by atoms with Crippen LogP contribution < -0.4 is 16.0 Å². The molecule has 0 spiro atoms. The van der Waals surface area contributed by atoms with Gasteiger partial charge >= 0.3 is 0 Å². The van der Waals surface area contributed by atoms with Gasteiger partial charge < -0.3 is 16.0 Å². The van der Waals surface area contributed by atoms with Crippen molar-refractivity contribution in [3.63, 3.8) is 0 Å². The molecular weight excluding hydrogens is 435 g/mol. The Labute approximate surface area is 191 Å². The largest absolute Gasteiger partial charge is 0.353 e. The summed E-state index contributed by atoms with van der Waals surface area (Å²) in [5.74, 6) is -1.19. The fourth-order valence-corrected chi connectivity index (χ4v) is 3.77. The molecule has 1 heterocycles. The van der Waals surface area contributed by atoms with E-state index in [9.17, 15) is 18.8 Å². The van der Waals surface area contributed by atoms with Crippen molar-refractivity contribution in [1.29, 1.82) is 0 Å². The SMILES string of the molecule is O=C(CN1CCC(NC(=O)CCNC(=O)c2ccc(F)cc2Cl)CC1)Nc1ccccc1. The minimum Gasteiger partial charge on any atom is -0.353 e. The number of nitrogens with zero attached hydrogens (tertiary/aromatic N) is 1. The van der Waals surface area contributed by atoms with Crippen molar-refractivity contribution in [3.8, 4) is 0 Å². The van der Waals surface area contributed by atoms with E-state index < -0.39 is 11.7 Å². The Kier molecular flexibility index (Phi) is 8.58.